The van der Waals surface area contributed by atoms with E-state index in [0.29, 0.717) is 33.9 Å². The number of methoxy groups -OCH3 is 1. The van der Waals surface area contributed by atoms with Gasteiger partial charge in [0.1, 0.15) is 18.4 Å². The second-order valence-corrected chi connectivity index (χ2v) is 11.2. The summed E-state index contributed by atoms with van der Waals surface area (Å²) in [5, 5.41) is 0. The second kappa shape index (κ2) is 13.0. The number of hydrogen-bond acceptors (Lipinski definition) is 9. The van der Waals surface area contributed by atoms with Crippen LogP contribution in [0.15, 0.2) is 65.6 Å². The minimum atomic E-state index is -4.37. The maximum Gasteiger partial charge on any atom is 0.302 e. The average Bonchev–Trinajstić information content (AvgIpc) is 3.40. The second-order valence-electron chi connectivity index (χ2n) is 9.39. The van der Waals surface area contributed by atoms with Crippen LogP contribution in [0.2, 0.25) is 0 Å². The molecule has 1 N–H and O–H groups in total. The fourth-order valence-electron chi connectivity index (χ4n) is 4.45. The van der Waals surface area contributed by atoms with Crippen molar-refractivity contribution in [3.63, 3.8) is 0 Å². The van der Waals surface area contributed by atoms with E-state index in [1.165, 1.54) is 14.0 Å². The number of sulfonamides is 1. The molecule has 0 bridgehead atoms. The molecule has 218 valence electrons. The molecule has 0 aromatic heterocycles. The smallest absolute Gasteiger partial charge is 0.302 e. The molecule has 1 heterocycles. The molecule has 0 aliphatic carbocycles. The van der Waals surface area contributed by atoms with E-state index in [4.69, 9.17) is 23.8 Å². The molecule has 0 fully saturated rings. The van der Waals surface area contributed by atoms with Crippen LogP contribution < -0.4 is 19.7 Å². The summed E-state index contributed by atoms with van der Waals surface area (Å²) in [5.74, 6) is -0.0253. The van der Waals surface area contributed by atoms with Gasteiger partial charge in [-0.25, -0.2) is 13.9 Å². The molecule has 0 saturated carbocycles. The molecular weight excluding hydrogens is 552 g/mol. The van der Waals surface area contributed by atoms with Crippen molar-refractivity contribution < 1.29 is 41.8 Å². The number of hydroxylamine groups is 1. The molecule has 3 aromatic carbocycles. The van der Waals surface area contributed by atoms with Gasteiger partial charge in [0.25, 0.3) is 5.91 Å². The number of carbonyl (C=O) groups is 2. The number of fused-ring (bicyclic) bond motifs is 1. The zero-order chi connectivity index (χ0) is 29.6. The summed E-state index contributed by atoms with van der Waals surface area (Å²) in [6.07, 6.45) is 0. The maximum absolute atomic E-state index is 14.4. The van der Waals surface area contributed by atoms with E-state index in [9.17, 15) is 18.0 Å². The molecule has 1 aliphatic heterocycles. The lowest BCUT2D eigenvalue weighted by Gasteiger charge is -2.31. The molecule has 0 unspecified atom stereocenters. The molecule has 1 atom stereocenters. The fraction of sp³-hybridized carbons (Fsp3) is 0.310. The standard InChI is InChI=1S/C29H32N2O9S/c1-19-12-24(36-4)13-20(2)28(19)41(34,35)31(15-23-10-11-26-27(14-23)39-18-38-26)25(17-37-21(3)32)29(33)30-40-16-22-8-6-5-7-9-22/h5-14,25H,15-18H2,1-4H3,(H,30,33)/t25-/m1/s1. The molecule has 41 heavy (non-hydrogen) atoms. The number of esters is 1. The van der Waals surface area contributed by atoms with Crippen molar-refractivity contribution in [2.24, 2.45) is 0 Å². The number of aryl methyl sites for hydroxylation is 2. The first kappa shape index (κ1) is 29.8. The number of amides is 1. The number of hydrogen-bond donors (Lipinski definition) is 1. The number of carbonyl (C=O) groups excluding carboxylic acids is 2. The molecule has 12 heteroatoms. The Morgan fingerprint density at radius 2 is 1.66 bits per heavy atom. The van der Waals surface area contributed by atoms with Crippen molar-refractivity contribution in [2.75, 3.05) is 20.5 Å². The summed E-state index contributed by atoms with van der Waals surface area (Å²) < 4.78 is 51.1. The topological polar surface area (TPSA) is 130 Å². The van der Waals surface area contributed by atoms with Crippen LogP contribution in [0.5, 0.6) is 17.2 Å². The molecule has 0 saturated heterocycles. The van der Waals surface area contributed by atoms with Crippen LogP contribution in [0.3, 0.4) is 0 Å². The van der Waals surface area contributed by atoms with E-state index in [1.54, 1.807) is 44.2 Å². The fourth-order valence-corrected chi connectivity index (χ4v) is 6.43. The number of ether oxygens (including phenoxy) is 4. The van der Waals surface area contributed by atoms with E-state index in [0.717, 1.165) is 9.87 Å². The summed E-state index contributed by atoms with van der Waals surface area (Å²) in [4.78, 5) is 30.7. The molecule has 4 rings (SSSR count). The van der Waals surface area contributed by atoms with Crippen molar-refractivity contribution >= 4 is 21.9 Å². The van der Waals surface area contributed by atoms with Crippen molar-refractivity contribution in [1.82, 2.24) is 9.79 Å². The largest absolute Gasteiger partial charge is 0.497 e. The minimum absolute atomic E-state index is 0.00451. The third kappa shape index (κ3) is 7.15. The van der Waals surface area contributed by atoms with Crippen LogP contribution in [0.25, 0.3) is 0 Å². The summed E-state index contributed by atoms with van der Waals surface area (Å²) in [6.45, 7) is 3.75. The van der Waals surface area contributed by atoms with Crippen LogP contribution >= 0.6 is 0 Å². The van der Waals surface area contributed by atoms with Gasteiger partial charge in [0.15, 0.2) is 11.5 Å². The van der Waals surface area contributed by atoms with Gasteiger partial charge in [-0.1, -0.05) is 36.4 Å². The first-order chi connectivity index (χ1) is 19.6. The van der Waals surface area contributed by atoms with Crippen LogP contribution in [-0.4, -0.2) is 51.2 Å². The SMILES string of the molecule is COc1cc(C)c(S(=O)(=O)N(Cc2ccc3c(c2)OCO3)[C@H](COC(C)=O)C(=O)NOCc2ccccc2)c(C)c1. The Morgan fingerprint density at radius 1 is 0.976 bits per heavy atom. The summed E-state index contributed by atoms with van der Waals surface area (Å²) in [5.41, 5.74) is 4.49. The Bertz CT molecular complexity index is 1490. The predicted molar refractivity (Wildman–Crippen MR) is 148 cm³/mol. The monoisotopic (exact) mass is 584 g/mol. The van der Waals surface area contributed by atoms with E-state index < -0.39 is 34.5 Å². The number of rotatable bonds is 12. The number of nitrogens with one attached hydrogen (secondary N) is 1. The first-order valence-corrected chi connectivity index (χ1v) is 14.2. The highest BCUT2D eigenvalue weighted by atomic mass is 32.2. The van der Waals surface area contributed by atoms with Crippen LogP contribution in [-0.2, 0) is 42.3 Å². The van der Waals surface area contributed by atoms with Crippen molar-refractivity contribution in [3.8, 4) is 17.2 Å². The van der Waals surface area contributed by atoms with Gasteiger partial charge in [0.05, 0.1) is 18.6 Å². The number of nitrogens with zero attached hydrogens (tertiary/aromatic N) is 1. The average molecular weight is 585 g/mol. The summed E-state index contributed by atoms with van der Waals surface area (Å²) >= 11 is 0. The first-order valence-electron chi connectivity index (χ1n) is 12.7. The molecular formula is C29H32N2O9S. The molecule has 1 aliphatic rings. The molecule has 0 spiro atoms. The van der Waals surface area contributed by atoms with Gasteiger partial charge in [0.2, 0.25) is 16.8 Å². The Hall–Kier alpha value is -4.13. The highest BCUT2D eigenvalue weighted by molar-refractivity contribution is 7.89. The van der Waals surface area contributed by atoms with E-state index >= 15 is 0 Å². The van der Waals surface area contributed by atoms with E-state index in [1.807, 2.05) is 30.3 Å². The Kier molecular flexibility index (Phi) is 9.48. The Balaban J connectivity index is 1.73. The van der Waals surface area contributed by atoms with Gasteiger partial charge < -0.3 is 18.9 Å². The van der Waals surface area contributed by atoms with Crippen LogP contribution in [0, 0.1) is 13.8 Å². The lowest BCUT2D eigenvalue weighted by molar-refractivity contribution is -0.147. The van der Waals surface area contributed by atoms with Crippen molar-refractivity contribution in [3.05, 3.63) is 82.9 Å². The third-order valence-electron chi connectivity index (χ3n) is 6.36. The number of benzene rings is 3. The minimum Gasteiger partial charge on any atom is -0.497 e. The zero-order valence-electron chi connectivity index (χ0n) is 23.2. The molecule has 11 nitrogen and oxygen atoms in total. The predicted octanol–water partition coefficient (Wildman–Crippen LogP) is 3.41. The normalized spacial score (nSPS) is 13.1. The lowest BCUT2D eigenvalue weighted by atomic mass is 10.1. The lowest BCUT2D eigenvalue weighted by Crippen LogP contribution is -2.52. The Labute approximate surface area is 238 Å². The van der Waals surface area contributed by atoms with Gasteiger partial charge >= 0.3 is 5.97 Å². The highest BCUT2D eigenvalue weighted by Gasteiger charge is 2.39. The van der Waals surface area contributed by atoms with Crippen molar-refractivity contribution in [2.45, 2.75) is 44.9 Å². The third-order valence-corrected chi connectivity index (χ3v) is 8.52. The van der Waals surface area contributed by atoms with Crippen LogP contribution in [0.4, 0.5) is 0 Å². The quantitative estimate of drug-likeness (QED) is 0.251. The van der Waals surface area contributed by atoms with Gasteiger partial charge in [-0.3, -0.25) is 14.4 Å². The molecule has 1 amide bonds. The molecule has 0 radical (unpaired) electrons. The summed E-state index contributed by atoms with van der Waals surface area (Å²) in [7, 11) is -2.88. The van der Waals surface area contributed by atoms with Gasteiger partial charge in [-0.2, -0.15) is 4.31 Å². The van der Waals surface area contributed by atoms with Crippen LogP contribution in [0.1, 0.15) is 29.2 Å². The summed E-state index contributed by atoms with van der Waals surface area (Å²) in [6, 6.07) is 15.8. The highest BCUT2D eigenvalue weighted by Crippen LogP contribution is 2.35. The van der Waals surface area contributed by atoms with E-state index in [-0.39, 0.29) is 24.8 Å². The van der Waals surface area contributed by atoms with Gasteiger partial charge in [-0.15, -0.1) is 0 Å². The van der Waals surface area contributed by atoms with Crippen molar-refractivity contribution in [1.29, 1.82) is 0 Å². The zero-order valence-corrected chi connectivity index (χ0v) is 24.0. The maximum atomic E-state index is 14.4. The van der Waals surface area contributed by atoms with Gasteiger partial charge in [0, 0.05) is 13.5 Å². The van der Waals surface area contributed by atoms with E-state index in [2.05, 4.69) is 5.48 Å². The Morgan fingerprint density at radius 3 is 2.32 bits per heavy atom. The van der Waals surface area contributed by atoms with Gasteiger partial charge in [-0.05, 0) is 60.4 Å². The molecule has 3 aromatic rings.